The molecule has 0 saturated heterocycles. The Morgan fingerprint density at radius 2 is 2.00 bits per heavy atom. The number of nitrogens with two attached hydrogens (primary N) is 1. The maximum Gasteiger partial charge on any atom is 0.0867 e. The van der Waals surface area contributed by atoms with Crippen molar-refractivity contribution in [2.24, 2.45) is 5.73 Å². The predicted molar refractivity (Wildman–Crippen MR) is 75.8 cm³/mol. The Morgan fingerprint density at radius 1 is 1.28 bits per heavy atom. The second-order valence-corrected chi connectivity index (χ2v) is 4.97. The third-order valence-electron chi connectivity index (χ3n) is 2.90. The van der Waals surface area contributed by atoms with Gasteiger partial charge in [-0.15, -0.1) is 0 Å². The van der Waals surface area contributed by atoms with Gasteiger partial charge in [-0.1, -0.05) is 35.3 Å². The Morgan fingerprint density at radius 3 is 2.56 bits per heavy atom. The first-order valence-electron chi connectivity index (χ1n) is 5.75. The number of aryl methyl sites for hydroxylation is 1. The van der Waals surface area contributed by atoms with Gasteiger partial charge in [-0.2, -0.15) is 5.10 Å². The molecule has 1 heterocycles. The van der Waals surface area contributed by atoms with Crippen molar-refractivity contribution in [3.05, 3.63) is 45.2 Å². The van der Waals surface area contributed by atoms with Crippen molar-refractivity contribution in [3.8, 4) is 5.69 Å². The minimum absolute atomic E-state index is 0.570. The topological polar surface area (TPSA) is 43.8 Å². The lowest BCUT2D eigenvalue weighted by Crippen LogP contribution is -2.09. The van der Waals surface area contributed by atoms with E-state index in [0.29, 0.717) is 16.6 Å². The minimum atomic E-state index is 0.570. The molecule has 1 aromatic carbocycles. The van der Waals surface area contributed by atoms with E-state index in [0.717, 1.165) is 29.1 Å². The largest absolute Gasteiger partial charge is 0.330 e. The van der Waals surface area contributed by atoms with Crippen LogP contribution in [0.5, 0.6) is 0 Å². The van der Waals surface area contributed by atoms with Gasteiger partial charge in [0.1, 0.15) is 0 Å². The summed E-state index contributed by atoms with van der Waals surface area (Å²) in [6, 6.07) is 5.78. The van der Waals surface area contributed by atoms with E-state index in [2.05, 4.69) is 5.10 Å². The lowest BCUT2D eigenvalue weighted by atomic mass is 10.1. The molecule has 0 atom stereocenters. The van der Waals surface area contributed by atoms with Crippen molar-refractivity contribution < 1.29 is 0 Å². The summed E-state index contributed by atoms with van der Waals surface area (Å²) in [6.07, 6.45) is 0.756. The predicted octanol–water partition coefficient (Wildman–Crippen LogP) is 3.30. The normalized spacial score (nSPS) is 10.9. The Hall–Kier alpha value is -1.03. The molecule has 2 aromatic rings. The zero-order valence-electron chi connectivity index (χ0n) is 10.4. The highest BCUT2D eigenvalue weighted by atomic mass is 35.5. The lowest BCUT2D eigenvalue weighted by molar-refractivity contribution is 0.814. The molecule has 3 nitrogen and oxygen atoms in total. The maximum absolute atomic E-state index is 6.29. The van der Waals surface area contributed by atoms with Crippen LogP contribution in [0.25, 0.3) is 5.69 Å². The van der Waals surface area contributed by atoms with E-state index in [4.69, 9.17) is 28.9 Å². The number of rotatable bonds is 3. The highest BCUT2D eigenvalue weighted by Crippen LogP contribution is 2.29. The molecule has 2 rings (SSSR count). The van der Waals surface area contributed by atoms with E-state index in [9.17, 15) is 0 Å². The Kier molecular flexibility index (Phi) is 3.95. The Balaban J connectivity index is 2.65. The summed E-state index contributed by atoms with van der Waals surface area (Å²) >= 11 is 12.5. The van der Waals surface area contributed by atoms with Gasteiger partial charge in [0, 0.05) is 0 Å². The molecule has 0 bridgehead atoms. The first-order chi connectivity index (χ1) is 8.56. The summed E-state index contributed by atoms with van der Waals surface area (Å²) in [4.78, 5) is 0. The first kappa shape index (κ1) is 13.4. The number of hydrogen-bond donors (Lipinski definition) is 1. The quantitative estimate of drug-likeness (QED) is 0.939. The SMILES string of the molecule is Cc1nn(-c2c(Cl)cccc2CCN)c(C)c1Cl. The average molecular weight is 284 g/mol. The van der Waals surface area contributed by atoms with E-state index < -0.39 is 0 Å². The number of benzene rings is 1. The average Bonchev–Trinajstić information content (AvgIpc) is 2.58. The zero-order valence-corrected chi connectivity index (χ0v) is 11.9. The number of halogens is 2. The fraction of sp³-hybridized carbons (Fsp3) is 0.308. The van der Waals surface area contributed by atoms with Crippen LogP contribution in [-0.2, 0) is 6.42 Å². The monoisotopic (exact) mass is 283 g/mol. The number of hydrogen-bond acceptors (Lipinski definition) is 2. The molecule has 1 aromatic heterocycles. The number of para-hydroxylation sites is 1. The maximum atomic E-state index is 6.29. The van der Waals surface area contributed by atoms with E-state index in [1.807, 2.05) is 32.0 Å². The molecule has 96 valence electrons. The van der Waals surface area contributed by atoms with Crippen molar-refractivity contribution in [2.75, 3.05) is 6.54 Å². The van der Waals surface area contributed by atoms with Crippen molar-refractivity contribution in [1.82, 2.24) is 9.78 Å². The molecule has 0 spiro atoms. The zero-order chi connectivity index (χ0) is 13.3. The summed E-state index contributed by atoms with van der Waals surface area (Å²) < 4.78 is 1.80. The summed E-state index contributed by atoms with van der Waals surface area (Å²) in [7, 11) is 0. The van der Waals surface area contributed by atoms with Gasteiger partial charge < -0.3 is 5.73 Å². The molecule has 2 N–H and O–H groups in total. The Bertz CT molecular complexity index is 576. The Labute approximate surface area is 117 Å². The molecule has 0 unspecified atom stereocenters. The van der Waals surface area contributed by atoms with Crippen LogP contribution in [0.15, 0.2) is 18.2 Å². The molecule has 0 amide bonds. The molecule has 0 radical (unpaired) electrons. The summed E-state index contributed by atoms with van der Waals surface area (Å²) in [5.41, 5.74) is 9.27. The molecule has 18 heavy (non-hydrogen) atoms. The first-order valence-corrected chi connectivity index (χ1v) is 6.51. The fourth-order valence-electron chi connectivity index (χ4n) is 2.00. The van der Waals surface area contributed by atoms with Crippen LogP contribution in [-0.4, -0.2) is 16.3 Å². The van der Waals surface area contributed by atoms with Crippen LogP contribution in [0.1, 0.15) is 17.0 Å². The second-order valence-electron chi connectivity index (χ2n) is 4.18. The molecule has 0 aliphatic carbocycles. The van der Waals surface area contributed by atoms with E-state index >= 15 is 0 Å². The highest BCUT2D eigenvalue weighted by molar-refractivity contribution is 6.33. The molecule has 0 saturated carbocycles. The summed E-state index contributed by atoms with van der Waals surface area (Å²) in [5.74, 6) is 0. The summed E-state index contributed by atoms with van der Waals surface area (Å²) in [5, 5.41) is 5.77. The standard InChI is InChI=1S/C13H15Cl2N3/c1-8-12(15)9(2)18(17-8)13-10(6-7-16)4-3-5-11(13)14/h3-5H,6-7,16H2,1-2H3. The van der Waals surface area contributed by atoms with Crippen LogP contribution in [0.2, 0.25) is 10.0 Å². The third-order valence-corrected chi connectivity index (χ3v) is 3.75. The van der Waals surface area contributed by atoms with Crippen molar-refractivity contribution in [3.63, 3.8) is 0 Å². The van der Waals surface area contributed by atoms with E-state index in [-0.39, 0.29) is 0 Å². The van der Waals surface area contributed by atoms with Crippen LogP contribution >= 0.6 is 23.2 Å². The summed E-state index contributed by atoms with van der Waals surface area (Å²) in [6.45, 7) is 4.38. The highest BCUT2D eigenvalue weighted by Gasteiger charge is 2.15. The van der Waals surface area contributed by atoms with Gasteiger partial charge in [-0.3, -0.25) is 0 Å². The van der Waals surface area contributed by atoms with Crippen molar-refractivity contribution in [2.45, 2.75) is 20.3 Å². The van der Waals surface area contributed by atoms with Crippen molar-refractivity contribution in [1.29, 1.82) is 0 Å². The van der Waals surface area contributed by atoms with Crippen molar-refractivity contribution >= 4 is 23.2 Å². The lowest BCUT2D eigenvalue weighted by Gasteiger charge is -2.12. The van der Waals surface area contributed by atoms with Crippen LogP contribution in [0.4, 0.5) is 0 Å². The van der Waals surface area contributed by atoms with Crippen LogP contribution < -0.4 is 5.73 Å². The molecule has 0 fully saturated rings. The smallest absolute Gasteiger partial charge is 0.0867 e. The van der Waals surface area contributed by atoms with Gasteiger partial charge in [0.25, 0.3) is 0 Å². The van der Waals surface area contributed by atoms with Crippen LogP contribution in [0, 0.1) is 13.8 Å². The molecule has 5 heteroatoms. The molecule has 0 aliphatic rings. The van der Waals surface area contributed by atoms with Gasteiger partial charge in [-0.05, 0) is 38.4 Å². The van der Waals surface area contributed by atoms with Crippen LogP contribution in [0.3, 0.4) is 0 Å². The molecule has 0 aliphatic heterocycles. The second kappa shape index (κ2) is 5.31. The van der Waals surface area contributed by atoms with Gasteiger partial charge in [-0.25, -0.2) is 4.68 Å². The van der Waals surface area contributed by atoms with Gasteiger partial charge in [0.2, 0.25) is 0 Å². The number of nitrogens with zero attached hydrogens (tertiary/aromatic N) is 2. The van der Waals surface area contributed by atoms with E-state index in [1.165, 1.54) is 0 Å². The molecular formula is C13H15Cl2N3. The molecular weight excluding hydrogens is 269 g/mol. The van der Waals surface area contributed by atoms with Gasteiger partial charge in [0.05, 0.1) is 27.1 Å². The van der Waals surface area contributed by atoms with Gasteiger partial charge in [0.15, 0.2) is 0 Å². The third kappa shape index (κ3) is 2.26. The number of aromatic nitrogens is 2. The van der Waals surface area contributed by atoms with E-state index in [1.54, 1.807) is 4.68 Å². The minimum Gasteiger partial charge on any atom is -0.330 e. The fourth-order valence-corrected chi connectivity index (χ4v) is 2.39. The van der Waals surface area contributed by atoms with Gasteiger partial charge >= 0.3 is 0 Å².